The first-order valence-corrected chi connectivity index (χ1v) is 0. The Kier molecular flexibility index (Phi) is 398. The van der Waals surface area contributed by atoms with E-state index in [-0.39, 0.29) is 77.3 Å². The van der Waals surface area contributed by atoms with Crippen molar-refractivity contribution in [1.29, 1.82) is 0 Å². The third-order valence-corrected chi connectivity index (χ3v) is 0. The molecule has 5 heavy (non-hydrogen) atoms. The molecule has 0 aromatic heterocycles. The van der Waals surface area contributed by atoms with Crippen molar-refractivity contribution in [2.45, 2.75) is 0 Å². The molecule has 0 unspecified atom stereocenters. The van der Waals surface area contributed by atoms with Crippen LogP contribution in [0.5, 0.6) is 0 Å². The molecule has 0 aromatic rings. The molecule has 0 aromatic carbocycles. The van der Waals surface area contributed by atoms with Crippen molar-refractivity contribution < 1.29 is 77.3 Å². The number of rotatable bonds is 0. The summed E-state index contributed by atoms with van der Waals surface area (Å²) in [5, 5.41) is 0. The Morgan fingerprint density at radius 1 is 0.600 bits per heavy atom. The Labute approximate surface area is 76.6 Å². The maximum atomic E-state index is 0. The van der Waals surface area contributed by atoms with Gasteiger partial charge in [-0.05, 0) is 0 Å². The van der Waals surface area contributed by atoms with Gasteiger partial charge in [0.05, 0.1) is 0 Å². The second-order valence-electron chi connectivity index (χ2n) is 0. The average Bonchev–Trinajstić information content (AvgIpc) is 0. The molecule has 0 N–H and O–H groups in total. The normalized spacial score (nSPS) is 0. The Hall–Kier alpha value is 2.19. The average molecular weight is 140 g/mol. The topological polar surface area (TPSA) is 28.5 Å². The zero-order valence-corrected chi connectivity index (χ0v) is 5.53. The third kappa shape index (κ3) is 22.6. The van der Waals surface area contributed by atoms with Crippen LogP contribution >= 0.6 is 0 Å². The van der Waals surface area contributed by atoms with E-state index in [1.165, 1.54) is 0 Å². The maximum absolute atomic E-state index is 0. The molecule has 0 saturated carbocycles. The minimum absolute atomic E-state index is 0. The predicted molar refractivity (Wildman–Crippen MR) is 0.686 cm³/mol. The molecule has 0 heterocycles. The molecule has 0 aliphatic rings. The molecule has 0 saturated heterocycles. The van der Waals surface area contributed by atoms with Crippen LogP contribution in [0.15, 0.2) is 0 Å². The van der Waals surface area contributed by atoms with E-state index >= 15 is 0 Å². The van der Waals surface area contributed by atoms with Crippen LogP contribution in [0, 0.1) is 0 Å². The van der Waals surface area contributed by atoms with E-state index in [1.54, 1.807) is 0 Å². The summed E-state index contributed by atoms with van der Waals surface area (Å²) in [5.74, 6) is 0. The van der Waals surface area contributed by atoms with E-state index in [1.807, 2.05) is 0 Å². The SMILES string of the molecule is [Li+].[Li+].[Mn].[Mn].[O-2]. The second-order valence-corrected chi connectivity index (χ2v) is 0. The Morgan fingerprint density at radius 3 is 0.600 bits per heavy atom. The van der Waals surface area contributed by atoms with Gasteiger partial charge in [-0.25, -0.2) is 0 Å². The summed E-state index contributed by atoms with van der Waals surface area (Å²) in [7, 11) is 0. The third-order valence-electron chi connectivity index (χ3n) is 0. The van der Waals surface area contributed by atoms with Crippen LogP contribution in [0.1, 0.15) is 0 Å². The molecule has 5 heteroatoms. The van der Waals surface area contributed by atoms with E-state index in [0.29, 0.717) is 0 Å². The van der Waals surface area contributed by atoms with Crippen molar-refractivity contribution in [2.75, 3.05) is 0 Å². The first-order valence-electron chi connectivity index (χ1n) is 0. The van der Waals surface area contributed by atoms with E-state index in [4.69, 9.17) is 0 Å². The fraction of sp³-hybridized carbons (Fsp3) is 0. The zero-order valence-electron chi connectivity index (χ0n) is 3.16. The van der Waals surface area contributed by atoms with Crippen molar-refractivity contribution in [3.8, 4) is 0 Å². The quantitative estimate of drug-likeness (QED) is 0.299. The first-order chi connectivity index (χ1) is 0. The van der Waals surface area contributed by atoms with Crippen molar-refractivity contribution in [3.63, 3.8) is 0 Å². The van der Waals surface area contributed by atoms with E-state index in [9.17, 15) is 0 Å². The smallest absolute Gasteiger partial charge is 1.00 e. The molecule has 0 rings (SSSR count). The molecule has 0 fully saturated rings. The molecule has 0 bridgehead atoms. The van der Waals surface area contributed by atoms with Gasteiger partial charge in [0.15, 0.2) is 0 Å². The Balaban J connectivity index is 0. The fourth-order valence-electron chi connectivity index (χ4n) is 0. The molecule has 0 aliphatic heterocycles. The molecular formula is Li2Mn2O. The van der Waals surface area contributed by atoms with E-state index < -0.39 is 0 Å². The molecule has 1 nitrogen and oxygen atoms in total. The van der Waals surface area contributed by atoms with Gasteiger partial charge in [0, 0.05) is 34.1 Å². The van der Waals surface area contributed by atoms with Gasteiger partial charge in [-0.15, -0.1) is 0 Å². The molecule has 2 radical (unpaired) electrons. The predicted octanol–water partition coefficient (Wildman–Crippen LogP) is -6.12. The van der Waals surface area contributed by atoms with Crippen LogP contribution in [0.25, 0.3) is 0 Å². The summed E-state index contributed by atoms with van der Waals surface area (Å²) in [6, 6.07) is 0. The summed E-state index contributed by atoms with van der Waals surface area (Å²) in [6.07, 6.45) is 0. The monoisotopic (exact) mass is 140 g/mol. The van der Waals surface area contributed by atoms with Crippen molar-refractivity contribution >= 4 is 0 Å². The zero-order chi connectivity index (χ0) is 0. The van der Waals surface area contributed by atoms with E-state index in [0.717, 1.165) is 0 Å². The number of hydrogen-bond donors (Lipinski definition) is 0. The van der Waals surface area contributed by atoms with Crippen LogP contribution in [0.2, 0.25) is 0 Å². The van der Waals surface area contributed by atoms with Crippen molar-refractivity contribution in [1.82, 2.24) is 0 Å². The number of hydrogen-bond acceptors (Lipinski definition) is 0. The van der Waals surface area contributed by atoms with Gasteiger partial charge in [-0.1, -0.05) is 0 Å². The maximum Gasteiger partial charge on any atom is 1.00 e. The van der Waals surface area contributed by atoms with Gasteiger partial charge in [-0.2, -0.15) is 0 Å². The molecular weight excluding hydrogens is 140 g/mol. The molecule has 0 spiro atoms. The minimum atomic E-state index is 0. The van der Waals surface area contributed by atoms with Crippen LogP contribution in [0.4, 0.5) is 0 Å². The van der Waals surface area contributed by atoms with Gasteiger partial charge in [0.1, 0.15) is 0 Å². The van der Waals surface area contributed by atoms with Crippen molar-refractivity contribution in [3.05, 3.63) is 0 Å². The summed E-state index contributed by atoms with van der Waals surface area (Å²) >= 11 is 0. The molecule has 0 atom stereocenters. The van der Waals surface area contributed by atoms with E-state index in [2.05, 4.69) is 0 Å². The van der Waals surface area contributed by atoms with Crippen LogP contribution in [0.3, 0.4) is 0 Å². The Morgan fingerprint density at radius 2 is 0.600 bits per heavy atom. The largest absolute Gasteiger partial charge is 2.00 e. The van der Waals surface area contributed by atoms with Crippen molar-refractivity contribution in [2.24, 2.45) is 0 Å². The van der Waals surface area contributed by atoms with Gasteiger partial charge in [0.25, 0.3) is 0 Å². The van der Waals surface area contributed by atoms with Gasteiger partial charge >= 0.3 is 37.7 Å². The van der Waals surface area contributed by atoms with Crippen LogP contribution in [-0.2, 0) is 39.6 Å². The Bertz CT molecular complexity index is 7.61. The van der Waals surface area contributed by atoms with Crippen LogP contribution in [-0.4, -0.2) is 0 Å². The molecule has 22 valence electrons. The minimum Gasteiger partial charge on any atom is -2.00 e. The molecule has 0 amide bonds. The van der Waals surface area contributed by atoms with Gasteiger partial charge in [-0.3, -0.25) is 0 Å². The van der Waals surface area contributed by atoms with Crippen LogP contribution < -0.4 is 37.7 Å². The van der Waals surface area contributed by atoms with Gasteiger partial charge in [0.2, 0.25) is 0 Å². The first kappa shape index (κ1) is 57.3. The molecule has 0 aliphatic carbocycles. The fourth-order valence-corrected chi connectivity index (χ4v) is 0. The van der Waals surface area contributed by atoms with Gasteiger partial charge < -0.3 is 5.48 Å². The summed E-state index contributed by atoms with van der Waals surface area (Å²) in [5.41, 5.74) is 0. The summed E-state index contributed by atoms with van der Waals surface area (Å²) in [6.45, 7) is 0. The summed E-state index contributed by atoms with van der Waals surface area (Å²) in [4.78, 5) is 0. The summed E-state index contributed by atoms with van der Waals surface area (Å²) < 4.78 is 0. The second kappa shape index (κ2) is 34.7. The standard InChI is InChI=1S/2Li.2Mn.O/q2*+1;;;-2.